The number of rotatable bonds is 3. The Hall–Kier alpha value is -2.89. The molecule has 2 aromatic carbocycles. The van der Waals surface area contributed by atoms with E-state index < -0.39 is 23.9 Å². The first-order chi connectivity index (χ1) is 12.0. The average molecular weight is 342 g/mol. The van der Waals surface area contributed by atoms with Gasteiger partial charge in [-0.25, -0.2) is 9.18 Å². The molecule has 1 unspecified atom stereocenters. The third-order valence-corrected chi connectivity index (χ3v) is 4.46. The fourth-order valence-corrected chi connectivity index (χ4v) is 3.15. The maximum atomic E-state index is 13.7. The van der Waals surface area contributed by atoms with Crippen LogP contribution in [-0.4, -0.2) is 28.6 Å². The number of fused-ring (bicyclic) bond motifs is 1. The van der Waals surface area contributed by atoms with Gasteiger partial charge in [0.05, 0.1) is 12.5 Å². The van der Waals surface area contributed by atoms with Crippen molar-refractivity contribution in [3.63, 3.8) is 0 Å². The van der Waals surface area contributed by atoms with Gasteiger partial charge in [0.15, 0.2) is 0 Å². The number of aryl methyl sites for hydroxylation is 1. The minimum atomic E-state index is -0.971. The van der Waals surface area contributed by atoms with Crippen LogP contribution in [0.5, 0.6) is 0 Å². The first kappa shape index (κ1) is 17.0. The molecule has 0 saturated carbocycles. The van der Waals surface area contributed by atoms with Crippen molar-refractivity contribution in [3.05, 3.63) is 65.0 Å². The van der Waals surface area contributed by atoms with Gasteiger partial charge < -0.3 is 15.3 Å². The van der Waals surface area contributed by atoms with Gasteiger partial charge in [0, 0.05) is 12.2 Å². The zero-order valence-electron chi connectivity index (χ0n) is 13.8. The van der Waals surface area contributed by atoms with Gasteiger partial charge in [-0.05, 0) is 42.2 Å². The van der Waals surface area contributed by atoms with Crippen LogP contribution >= 0.6 is 0 Å². The summed E-state index contributed by atoms with van der Waals surface area (Å²) in [6.45, 7) is 2.06. The first-order valence-electron chi connectivity index (χ1n) is 8.09. The second kappa shape index (κ2) is 6.93. The van der Waals surface area contributed by atoms with Gasteiger partial charge in [-0.3, -0.25) is 4.79 Å². The van der Waals surface area contributed by atoms with Crippen molar-refractivity contribution in [3.8, 4) is 0 Å². The Morgan fingerprint density at radius 1 is 1.28 bits per heavy atom. The maximum Gasteiger partial charge on any atom is 0.322 e. The quantitative estimate of drug-likeness (QED) is 0.893. The highest BCUT2D eigenvalue weighted by atomic mass is 19.1. The van der Waals surface area contributed by atoms with Crippen LogP contribution in [0.2, 0.25) is 0 Å². The molecular weight excluding hydrogens is 323 g/mol. The van der Waals surface area contributed by atoms with Gasteiger partial charge in [-0.2, -0.15) is 0 Å². The van der Waals surface area contributed by atoms with Crippen LogP contribution < -0.4 is 5.32 Å². The number of amides is 2. The topological polar surface area (TPSA) is 69.6 Å². The summed E-state index contributed by atoms with van der Waals surface area (Å²) >= 11 is 0. The molecule has 0 saturated heterocycles. The van der Waals surface area contributed by atoms with Gasteiger partial charge in [0.2, 0.25) is 0 Å². The summed E-state index contributed by atoms with van der Waals surface area (Å²) < 4.78 is 13.7. The Balaban J connectivity index is 1.85. The van der Waals surface area contributed by atoms with Crippen LogP contribution in [0.15, 0.2) is 42.5 Å². The molecule has 25 heavy (non-hydrogen) atoms. The van der Waals surface area contributed by atoms with Crippen molar-refractivity contribution >= 4 is 17.7 Å². The van der Waals surface area contributed by atoms with Crippen molar-refractivity contribution in [1.82, 2.24) is 4.90 Å². The van der Waals surface area contributed by atoms with E-state index in [9.17, 15) is 19.1 Å². The predicted octanol–water partition coefficient (Wildman–Crippen LogP) is 3.74. The number of hydrogen-bond acceptors (Lipinski definition) is 2. The van der Waals surface area contributed by atoms with Crippen LogP contribution in [0.3, 0.4) is 0 Å². The molecule has 2 amide bonds. The lowest BCUT2D eigenvalue weighted by Gasteiger charge is -2.36. The number of carbonyl (C=O) groups is 2. The largest absolute Gasteiger partial charge is 0.481 e. The fraction of sp³-hybridized carbons (Fsp3) is 0.263. The molecule has 2 N–H and O–H groups in total. The number of carboxylic acid groups (broad SMARTS) is 1. The lowest BCUT2D eigenvalue weighted by atomic mass is 9.91. The SMILES string of the molecule is Cc1ccc(NC(=O)N2CCc3ccccc3C2CC(=O)O)cc1F. The molecule has 2 aromatic rings. The summed E-state index contributed by atoms with van der Waals surface area (Å²) in [6.07, 6.45) is 0.481. The fourth-order valence-electron chi connectivity index (χ4n) is 3.15. The molecule has 0 fully saturated rings. The zero-order valence-corrected chi connectivity index (χ0v) is 13.8. The Bertz CT molecular complexity index is 822. The smallest absolute Gasteiger partial charge is 0.322 e. The highest BCUT2D eigenvalue weighted by molar-refractivity contribution is 5.90. The number of aliphatic carboxylic acids is 1. The maximum absolute atomic E-state index is 13.7. The van der Waals surface area contributed by atoms with E-state index >= 15 is 0 Å². The van der Waals surface area contributed by atoms with Gasteiger partial charge in [-0.15, -0.1) is 0 Å². The van der Waals surface area contributed by atoms with E-state index in [0.717, 1.165) is 11.1 Å². The van der Waals surface area contributed by atoms with Crippen LogP contribution in [0.4, 0.5) is 14.9 Å². The third-order valence-electron chi connectivity index (χ3n) is 4.46. The molecule has 0 spiro atoms. The molecule has 0 radical (unpaired) electrons. The molecule has 1 heterocycles. The molecular formula is C19H19FN2O3. The van der Waals surface area contributed by atoms with Crippen molar-refractivity contribution in [2.45, 2.75) is 25.8 Å². The van der Waals surface area contributed by atoms with Crippen molar-refractivity contribution in [2.75, 3.05) is 11.9 Å². The molecule has 130 valence electrons. The van der Waals surface area contributed by atoms with E-state index in [-0.39, 0.29) is 6.42 Å². The number of halogens is 1. The van der Waals surface area contributed by atoms with Crippen LogP contribution in [0.25, 0.3) is 0 Å². The Kier molecular flexibility index (Phi) is 4.70. The summed E-state index contributed by atoms with van der Waals surface area (Å²) in [5.41, 5.74) is 2.75. The van der Waals surface area contributed by atoms with E-state index in [1.54, 1.807) is 19.1 Å². The molecule has 1 aliphatic heterocycles. The van der Waals surface area contributed by atoms with Crippen LogP contribution in [-0.2, 0) is 11.2 Å². The molecule has 0 aliphatic carbocycles. The molecule has 0 aromatic heterocycles. The van der Waals surface area contributed by atoms with E-state index in [2.05, 4.69) is 5.32 Å². The monoisotopic (exact) mass is 342 g/mol. The van der Waals surface area contributed by atoms with Crippen molar-refractivity contribution < 1.29 is 19.1 Å². The van der Waals surface area contributed by atoms with E-state index in [4.69, 9.17) is 0 Å². The summed E-state index contributed by atoms with van der Waals surface area (Å²) in [4.78, 5) is 25.5. The number of nitrogens with zero attached hydrogens (tertiary/aromatic N) is 1. The minimum absolute atomic E-state index is 0.174. The minimum Gasteiger partial charge on any atom is -0.481 e. The Labute approximate surface area is 145 Å². The van der Waals surface area contributed by atoms with Gasteiger partial charge in [0.25, 0.3) is 0 Å². The van der Waals surface area contributed by atoms with Crippen LogP contribution in [0, 0.1) is 12.7 Å². The normalized spacial score (nSPS) is 16.2. The number of benzene rings is 2. The number of carbonyl (C=O) groups excluding carboxylic acids is 1. The third kappa shape index (κ3) is 3.63. The van der Waals surface area contributed by atoms with E-state index in [1.165, 1.54) is 11.0 Å². The highest BCUT2D eigenvalue weighted by Gasteiger charge is 2.32. The molecule has 3 rings (SSSR count). The predicted molar refractivity (Wildman–Crippen MR) is 92.0 cm³/mol. The lowest BCUT2D eigenvalue weighted by molar-refractivity contribution is -0.138. The second-order valence-electron chi connectivity index (χ2n) is 6.15. The zero-order chi connectivity index (χ0) is 18.0. The first-order valence-corrected chi connectivity index (χ1v) is 8.09. The van der Waals surface area contributed by atoms with E-state index in [0.29, 0.717) is 24.2 Å². The number of nitrogens with one attached hydrogen (secondary N) is 1. The Morgan fingerprint density at radius 3 is 2.76 bits per heavy atom. The van der Waals surface area contributed by atoms with Crippen LogP contribution in [0.1, 0.15) is 29.2 Å². The summed E-state index contributed by atoms with van der Waals surface area (Å²) in [7, 11) is 0. The number of carboxylic acids is 1. The molecule has 6 heteroatoms. The van der Waals surface area contributed by atoms with Gasteiger partial charge >= 0.3 is 12.0 Å². The standard InChI is InChI=1S/C19H19FN2O3/c1-12-6-7-14(10-16(12)20)21-19(25)22-9-8-13-4-2-3-5-15(13)17(22)11-18(23)24/h2-7,10,17H,8-9,11H2,1H3,(H,21,25)(H,23,24). The van der Waals surface area contributed by atoms with Gasteiger partial charge in [-0.1, -0.05) is 30.3 Å². The molecule has 0 bridgehead atoms. The van der Waals surface area contributed by atoms with Crippen molar-refractivity contribution in [1.29, 1.82) is 0 Å². The van der Waals surface area contributed by atoms with E-state index in [1.807, 2.05) is 24.3 Å². The molecule has 5 nitrogen and oxygen atoms in total. The van der Waals surface area contributed by atoms with Crippen molar-refractivity contribution in [2.24, 2.45) is 0 Å². The number of hydrogen-bond donors (Lipinski definition) is 2. The lowest BCUT2D eigenvalue weighted by Crippen LogP contribution is -2.43. The second-order valence-corrected chi connectivity index (χ2v) is 6.15. The number of urea groups is 1. The molecule has 1 aliphatic rings. The summed E-state index contributed by atoms with van der Waals surface area (Å²) in [6, 6.07) is 11.1. The average Bonchev–Trinajstić information content (AvgIpc) is 2.58. The summed E-state index contributed by atoms with van der Waals surface area (Å²) in [5.74, 6) is -1.37. The number of anilines is 1. The molecule has 1 atom stereocenters. The highest BCUT2D eigenvalue weighted by Crippen LogP contribution is 2.32. The van der Waals surface area contributed by atoms with Gasteiger partial charge in [0.1, 0.15) is 5.82 Å². The Morgan fingerprint density at radius 2 is 2.04 bits per heavy atom. The summed E-state index contributed by atoms with van der Waals surface area (Å²) in [5, 5.41) is 11.9.